The molecule has 0 bridgehead atoms. The number of carboxylic acid groups (broad SMARTS) is 6. The van der Waals surface area contributed by atoms with Crippen molar-refractivity contribution in [3.8, 4) is 0 Å². The Kier molecular flexibility index (Phi) is 86.5. The summed E-state index contributed by atoms with van der Waals surface area (Å²) in [6.07, 6.45) is -5.03. The summed E-state index contributed by atoms with van der Waals surface area (Å²) < 4.78 is 22.8. The Hall–Kier alpha value is 4.80. The topological polar surface area (TPSA) is 584 Å². The number of nitrogens with two attached hydrogens (primary N) is 2. The van der Waals surface area contributed by atoms with Gasteiger partial charge in [0.25, 0.3) is 0 Å². The molecule has 4 atom stereocenters. The molecule has 0 aromatic carbocycles. The van der Waals surface area contributed by atoms with E-state index in [0.29, 0.717) is 9.80 Å². The fraction of sp³-hybridized carbons (Fsp3) is 0.725. The zero-order valence-electron chi connectivity index (χ0n) is 51.4. The first-order chi connectivity index (χ1) is 36.2. The Morgan fingerprint density at radius 1 is 0.455 bits per heavy atom. The van der Waals surface area contributed by atoms with Gasteiger partial charge in [-0.2, -0.15) is 0 Å². The number of likely N-dealkylation sites (N-methyl/N-ethyl adjacent to an activating group) is 2. The third-order valence-corrected chi connectivity index (χ3v) is 12.5. The molecule has 0 aliphatic rings. The minimum Gasteiger partial charge on any atom is -0.810 e. The molecule has 48 heteroatoms. The number of carboxylic acids is 6. The average molecular weight is 1660 g/mol. The Balaban J connectivity index is -0.000000659. The quantitative estimate of drug-likeness (QED) is 0.0169. The van der Waals surface area contributed by atoms with Gasteiger partial charge in [0, 0.05) is 130 Å². The van der Waals surface area contributed by atoms with Crippen LogP contribution in [0.15, 0.2) is 0 Å². The second kappa shape index (κ2) is 65.1. The number of rotatable bonds is 45. The van der Waals surface area contributed by atoms with E-state index in [0.717, 1.165) is 9.80 Å². The molecule has 0 fully saturated rings. The molecule has 2 radical (unpaired) electrons. The number of amides is 5. The van der Waals surface area contributed by atoms with Gasteiger partial charge in [0.05, 0.1) is 54.6 Å². The van der Waals surface area contributed by atoms with E-state index in [1.807, 2.05) is 0 Å². The monoisotopic (exact) mass is 1660 g/mol. The van der Waals surface area contributed by atoms with Gasteiger partial charge in [-0.15, -0.1) is 0 Å². The molecule has 0 aliphatic carbocycles. The number of hydrogen-bond donors (Lipinski definition) is 7. The number of aliphatic carboxylic acids is 6. The zero-order chi connectivity index (χ0) is 59.9. The van der Waals surface area contributed by atoms with E-state index < -0.39 is 215 Å². The van der Waals surface area contributed by atoms with Gasteiger partial charge in [0.1, 0.15) is 12.1 Å². The molecule has 5 amide bonds. The van der Waals surface area contributed by atoms with Gasteiger partial charge in [0.15, 0.2) is 0 Å². The summed E-state index contributed by atoms with van der Waals surface area (Å²) in [5.74, 6) is -15.3. The summed E-state index contributed by atoms with van der Waals surface area (Å²) in [6, 6.07) is -6.89. The first kappa shape index (κ1) is 117. The molecule has 0 aromatic heterocycles. The number of nitrogens with zero attached hydrogens (tertiary/aromatic N) is 6. The van der Waals surface area contributed by atoms with Crippen LogP contribution in [0.25, 0.3) is 0 Å². The van der Waals surface area contributed by atoms with Gasteiger partial charge in [-0.25, -0.2) is 0 Å². The van der Waals surface area contributed by atoms with Crippen molar-refractivity contribution in [1.82, 2.24) is 56.0 Å². The minimum absolute atomic E-state index is 0. The van der Waals surface area contributed by atoms with Crippen molar-refractivity contribution < 1.29 is 428 Å². The predicted molar refractivity (Wildman–Crippen MR) is 243 cm³/mol. The van der Waals surface area contributed by atoms with E-state index in [9.17, 15) is 112 Å². The molecule has 36 nitrogen and oxygen atoms in total. The maximum atomic E-state index is 13.2. The van der Waals surface area contributed by atoms with Gasteiger partial charge in [-0.05, 0) is 13.1 Å². The SMILES string of the molecule is CCN(CCN(CCN(CC(=O)[O-])CP(=O)([O-])[O-])C(CC(=O)NCC(N)C(=O)NCCC(=O)NC(CNC(=O)CC(C(=O)[O-])N(CCN(CC)CC(=O)[O-])CCN(CC(=O)[O-])CP(=O)([O-])[O-])C(=O)NCN)C(=O)[O-])CC(=O)[O-].[Gd+3].[Gd+3].[Na+].[Na+].[Na+].[Na+].[Na+].[Na+].[Na+].[Na+]. The molecule has 0 saturated heterocycles. The molecule has 0 rings (SSSR count). The molecule has 88 heavy (non-hydrogen) atoms. The molecule has 458 valence electrons. The predicted octanol–water partition coefficient (Wildman–Crippen LogP) is -42.8. The second-order valence-electron chi connectivity index (χ2n) is 17.1. The molecule has 0 aliphatic heterocycles. The van der Waals surface area contributed by atoms with Crippen LogP contribution in [0.1, 0.15) is 33.1 Å². The van der Waals surface area contributed by atoms with Crippen LogP contribution >= 0.6 is 15.2 Å². The van der Waals surface area contributed by atoms with Crippen molar-refractivity contribution >= 4 is 80.5 Å². The van der Waals surface area contributed by atoms with Crippen molar-refractivity contribution in [2.45, 2.75) is 57.3 Å². The van der Waals surface area contributed by atoms with Crippen molar-refractivity contribution in [2.24, 2.45) is 11.5 Å². The van der Waals surface area contributed by atoms with Gasteiger partial charge in [0.2, 0.25) is 29.5 Å². The Bertz CT molecular complexity index is 2170. The van der Waals surface area contributed by atoms with Gasteiger partial charge >= 0.3 is 316 Å². The number of nitrogens with one attached hydrogen (secondary N) is 5. The molecule has 0 spiro atoms. The van der Waals surface area contributed by atoms with Gasteiger partial charge in [-0.1, -0.05) is 29.0 Å². The third kappa shape index (κ3) is 60.7. The van der Waals surface area contributed by atoms with Gasteiger partial charge < -0.3 is 126 Å². The van der Waals surface area contributed by atoms with Crippen LogP contribution in [0.2, 0.25) is 0 Å². The summed E-state index contributed by atoms with van der Waals surface area (Å²) in [5, 5.41) is 80.8. The number of carbonyl (C=O) groups excluding carboxylic acids is 11. The summed E-state index contributed by atoms with van der Waals surface area (Å²) in [6.45, 7) is -5.54. The molecule has 0 heterocycles. The number of carbonyl (C=O) groups is 11. The van der Waals surface area contributed by atoms with Crippen LogP contribution in [0, 0.1) is 79.9 Å². The van der Waals surface area contributed by atoms with E-state index in [4.69, 9.17) is 11.5 Å². The van der Waals surface area contributed by atoms with Crippen molar-refractivity contribution in [3.05, 3.63) is 0 Å². The third-order valence-electron chi connectivity index (χ3n) is 11.0. The molecule has 4 unspecified atom stereocenters. The van der Waals surface area contributed by atoms with Crippen LogP contribution in [-0.4, -0.2) is 249 Å². The minimum atomic E-state index is -5.36. The van der Waals surface area contributed by atoms with Crippen LogP contribution in [-0.2, 0) is 61.9 Å². The molecule has 0 aromatic rings. The van der Waals surface area contributed by atoms with E-state index in [1.54, 1.807) is 13.8 Å². The first-order valence-electron chi connectivity index (χ1n) is 23.6. The molecular weight excluding hydrogens is 1590 g/mol. The van der Waals surface area contributed by atoms with Crippen molar-refractivity contribution in [3.63, 3.8) is 0 Å². The maximum absolute atomic E-state index is 13.2. The van der Waals surface area contributed by atoms with E-state index >= 15 is 0 Å². The maximum Gasteiger partial charge on any atom is 3.00 e. The fourth-order valence-electron chi connectivity index (χ4n) is 7.12. The summed E-state index contributed by atoms with van der Waals surface area (Å²) in [5.41, 5.74) is 11.3. The van der Waals surface area contributed by atoms with Crippen molar-refractivity contribution in [2.75, 3.05) is 131 Å². The Labute approximate surface area is 750 Å². The normalized spacial score (nSPS) is 11.9. The van der Waals surface area contributed by atoms with E-state index in [-0.39, 0.29) is 356 Å². The molecular formula is C40H65Gd2N13Na8O23P2+4. The van der Waals surface area contributed by atoms with Crippen LogP contribution in [0.5, 0.6) is 0 Å². The van der Waals surface area contributed by atoms with E-state index in [1.165, 1.54) is 9.80 Å². The van der Waals surface area contributed by atoms with E-state index in [2.05, 4.69) is 26.6 Å². The summed E-state index contributed by atoms with van der Waals surface area (Å²) >= 11 is 0. The van der Waals surface area contributed by atoms with Crippen molar-refractivity contribution in [1.29, 1.82) is 0 Å². The van der Waals surface area contributed by atoms with Gasteiger partial charge in [-0.3, -0.25) is 53.4 Å². The number of hydrogen-bond acceptors (Lipinski definition) is 31. The fourth-order valence-corrected chi connectivity index (χ4v) is 8.59. The summed E-state index contributed by atoms with van der Waals surface area (Å²) in [4.78, 5) is 186. The van der Waals surface area contributed by atoms with Crippen LogP contribution < -0.4 is 325 Å². The summed E-state index contributed by atoms with van der Waals surface area (Å²) in [7, 11) is -10.7. The first-order valence-corrected chi connectivity index (χ1v) is 27.1. The zero-order valence-corrected chi connectivity index (χ0v) is 73.7. The largest absolute Gasteiger partial charge is 3.00 e. The molecule has 9 N–H and O–H groups in total. The average Bonchev–Trinajstić information content (AvgIpc) is 3.30. The Morgan fingerprint density at radius 3 is 1.07 bits per heavy atom. The standard InChI is InChI=1S/C40H75N13O23P2.2Gd.8Na/c1-3-48(19-33(57)58)7-11-52(13-9-50(21-35(61)62)24-77(71,72)73)28(39(67)68)15-31(55)44-17-26(42)37(65)43-6-5-30(54)47-27(38(66)46-23-41)18-45-32(56)16-29(40(69)70)53(12-8-49(4-2)20-34(59)60)14-10-51(22-36(63)64)25-78(74,75)76;;;;;;;;;;/h26-29H,3-25,41-42H2,1-2H3,(H,43,65)(H,44,55)(H,45,56)(H,46,66)(H,47,54)(H,57,58)(H,59,60)(H,61,62)(H,63,64)(H,67,68)(H,69,70)(H2,71,72,73)(H2,74,75,76);;;;;;;;;;/q;2*+3;8*+1/p-10. The molecule has 0 saturated carbocycles. The van der Waals surface area contributed by atoms with Crippen LogP contribution in [0.4, 0.5) is 0 Å². The Morgan fingerprint density at radius 2 is 0.773 bits per heavy atom. The smallest absolute Gasteiger partial charge is 0.810 e. The van der Waals surface area contributed by atoms with Crippen LogP contribution in [0.3, 0.4) is 0 Å². The second-order valence-corrected chi connectivity index (χ2v) is 20.1.